The maximum Gasteiger partial charge on any atom is 0.129 e. The van der Waals surface area contributed by atoms with Gasteiger partial charge < -0.3 is 0 Å². The van der Waals surface area contributed by atoms with Gasteiger partial charge in [-0.25, -0.2) is 0 Å². The van der Waals surface area contributed by atoms with Crippen LogP contribution in [0, 0.1) is 10.8 Å². The van der Waals surface area contributed by atoms with Crippen LogP contribution in [0.4, 0.5) is 0 Å². The second-order valence-corrected chi connectivity index (χ2v) is 6.36. The van der Waals surface area contributed by atoms with Crippen molar-refractivity contribution < 1.29 is 0 Å². The van der Waals surface area contributed by atoms with Crippen LogP contribution >= 0.6 is 0 Å². The van der Waals surface area contributed by atoms with E-state index >= 15 is 0 Å². The van der Waals surface area contributed by atoms with E-state index in [1.165, 1.54) is 0 Å². The predicted molar refractivity (Wildman–Crippen MR) is 61.3 cm³/mol. The highest BCUT2D eigenvalue weighted by molar-refractivity contribution is 6.43. The monoisotopic (exact) mass is 177 g/mol. The first kappa shape index (κ1) is 10.9. The summed E-state index contributed by atoms with van der Waals surface area (Å²) in [5.74, 6) is 1.30. The molecule has 0 aliphatic carbocycles. The minimum Gasteiger partial charge on any atom is -0.0932 e. The quantitative estimate of drug-likeness (QED) is 0.388. The smallest absolute Gasteiger partial charge is 0.0932 e. The zero-order valence-electron chi connectivity index (χ0n) is 9.89. The van der Waals surface area contributed by atoms with Crippen LogP contribution in [0.15, 0.2) is 12.2 Å². The molecule has 0 aromatic carbocycles. The Bertz CT molecular complexity index is 180. The molecule has 0 aromatic heterocycles. The maximum absolute atomic E-state index is 2.50. The molecule has 0 amide bonds. The van der Waals surface area contributed by atoms with E-state index < -0.39 is 0 Å². The topological polar surface area (TPSA) is 0 Å². The summed E-state index contributed by atoms with van der Waals surface area (Å²) in [5, 5.41) is 0. The summed E-state index contributed by atoms with van der Waals surface area (Å²) in [4.78, 5) is 0. The van der Waals surface area contributed by atoms with E-state index in [0.29, 0.717) is 22.5 Å². The minimum absolute atomic E-state index is 0.385. The summed E-state index contributed by atoms with van der Waals surface area (Å²) in [6.45, 7) is 13.9. The fraction of sp³-hybridized carbons (Fsp3) is 0.833. The highest BCUT2D eigenvalue weighted by Gasteiger charge is 2.34. The third-order valence-electron chi connectivity index (χ3n) is 2.94. The standard InChI is InChI=1S/C12H22B/c1-11(2,3)9-7-8-10(13-9)12(4,5)6/h7-10H,1-6H3. The first-order valence-electron chi connectivity index (χ1n) is 5.24. The lowest BCUT2D eigenvalue weighted by Gasteiger charge is -2.30. The summed E-state index contributed by atoms with van der Waals surface area (Å²) in [5.41, 5.74) is 0.771. The number of hydrogen-bond acceptors (Lipinski definition) is 0. The van der Waals surface area contributed by atoms with Crippen molar-refractivity contribution in [3.8, 4) is 0 Å². The van der Waals surface area contributed by atoms with E-state index in [1.54, 1.807) is 0 Å². The largest absolute Gasteiger partial charge is 0.129 e. The number of rotatable bonds is 0. The first-order valence-corrected chi connectivity index (χ1v) is 5.24. The fourth-order valence-corrected chi connectivity index (χ4v) is 1.75. The molecule has 1 heteroatoms. The molecule has 73 valence electrons. The number of hydrogen-bond donors (Lipinski definition) is 0. The van der Waals surface area contributed by atoms with Crippen molar-refractivity contribution in [2.75, 3.05) is 0 Å². The second-order valence-electron chi connectivity index (χ2n) is 6.36. The van der Waals surface area contributed by atoms with Crippen LogP contribution in [0.1, 0.15) is 41.5 Å². The van der Waals surface area contributed by atoms with Gasteiger partial charge in [-0.2, -0.15) is 0 Å². The van der Waals surface area contributed by atoms with Gasteiger partial charge in [0.1, 0.15) is 7.28 Å². The Kier molecular flexibility index (Phi) is 2.67. The van der Waals surface area contributed by atoms with Gasteiger partial charge in [-0.05, 0) is 22.5 Å². The minimum atomic E-state index is 0.385. The lowest BCUT2D eigenvalue weighted by molar-refractivity contribution is 0.403. The Morgan fingerprint density at radius 3 is 1.23 bits per heavy atom. The molecular formula is C12H22B. The molecule has 1 aliphatic rings. The van der Waals surface area contributed by atoms with Crippen molar-refractivity contribution in [2.45, 2.75) is 53.2 Å². The molecule has 0 N–H and O–H groups in total. The molecule has 1 heterocycles. The summed E-state index contributed by atoms with van der Waals surface area (Å²) in [6.07, 6.45) is 4.74. The summed E-state index contributed by atoms with van der Waals surface area (Å²) >= 11 is 0. The fourth-order valence-electron chi connectivity index (χ4n) is 1.75. The van der Waals surface area contributed by atoms with Crippen LogP contribution in [0.25, 0.3) is 0 Å². The van der Waals surface area contributed by atoms with Gasteiger partial charge in [0, 0.05) is 0 Å². The SMILES string of the molecule is CC(C)(C)C1[B]C(C(C)(C)C)C=C1. The third kappa shape index (κ3) is 2.62. The first-order chi connectivity index (χ1) is 5.71. The van der Waals surface area contributed by atoms with Crippen LogP contribution in [0.3, 0.4) is 0 Å². The van der Waals surface area contributed by atoms with Gasteiger partial charge in [0.05, 0.1) is 0 Å². The van der Waals surface area contributed by atoms with Crippen molar-refractivity contribution in [3.05, 3.63) is 12.2 Å². The Hall–Kier alpha value is -0.195. The molecule has 0 aromatic rings. The third-order valence-corrected chi connectivity index (χ3v) is 2.94. The molecule has 0 saturated heterocycles. The van der Waals surface area contributed by atoms with Crippen LogP contribution < -0.4 is 0 Å². The Morgan fingerprint density at radius 1 is 0.769 bits per heavy atom. The van der Waals surface area contributed by atoms with Crippen molar-refractivity contribution in [1.29, 1.82) is 0 Å². The average molecular weight is 177 g/mol. The van der Waals surface area contributed by atoms with Gasteiger partial charge >= 0.3 is 0 Å². The molecule has 2 unspecified atom stereocenters. The van der Waals surface area contributed by atoms with Crippen LogP contribution in [-0.4, -0.2) is 7.28 Å². The average Bonchev–Trinajstić information content (AvgIpc) is 2.28. The molecule has 2 atom stereocenters. The Labute approximate surface area is 84.0 Å². The van der Waals surface area contributed by atoms with Crippen LogP contribution in [0.2, 0.25) is 11.6 Å². The van der Waals surface area contributed by atoms with Crippen molar-refractivity contribution >= 4 is 7.28 Å². The number of allylic oxidation sites excluding steroid dienone is 2. The Morgan fingerprint density at radius 2 is 1.08 bits per heavy atom. The zero-order chi connectivity index (χ0) is 10.3. The Balaban J connectivity index is 2.63. The van der Waals surface area contributed by atoms with E-state index in [9.17, 15) is 0 Å². The van der Waals surface area contributed by atoms with Gasteiger partial charge in [-0.15, -0.1) is 0 Å². The van der Waals surface area contributed by atoms with Crippen LogP contribution in [0.5, 0.6) is 0 Å². The molecule has 1 rings (SSSR count). The van der Waals surface area contributed by atoms with Gasteiger partial charge in [-0.1, -0.05) is 53.7 Å². The van der Waals surface area contributed by atoms with E-state index in [4.69, 9.17) is 0 Å². The molecule has 0 bridgehead atoms. The van der Waals surface area contributed by atoms with Crippen LogP contribution in [-0.2, 0) is 0 Å². The molecule has 0 saturated carbocycles. The highest BCUT2D eigenvalue weighted by Crippen LogP contribution is 2.45. The summed E-state index contributed by atoms with van der Waals surface area (Å²) in [6, 6.07) is 0. The maximum atomic E-state index is 2.50. The molecule has 1 radical (unpaired) electrons. The highest BCUT2D eigenvalue weighted by atomic mass is 14.3. The summed E-state index contributed by atoms with van der Waals surface area (Å²) in [7, 11) is 2.50. The van der Waals surface area contributed by atoms with E-state index in [2.05, 4.69) is 61.0 Å². The van der Waals surface area contributed by atoms with Gasteiger partial charge in [-0.3, -0.25) is 0 Å². The molecular weight excluding hydrogens is 155 g/mol. The molecule has 0 nitrogen and oxygen atoms in total. The lowest BCUT2D eigenvalue weighted by Crippen LogP contribution is -2.23. The van der Waals surface area contributed by atoms with E-state index in [-0.39, 0.29) is 0 Å². The molecule has 0 fully saturated rings. The molecule has 1 aliphatic heterocycles. The van der Waals surface area contributed by atoms with Gasteiger partial charge in [0.25, 0.3) is 0 Å². The summed E-state index contributed by atoms with van der Waals surface area (Å²) < 4.78 is 0. The second kappa shape index (κ2) is 3.18. The van der Waals surface area contributed by atoms with Crippen molar-refractivity contribution in [3.63, 3.8) is 0 Å². The van der Waals surface area contributed by atoms with E-state index in [1.807, 2.05) is 0 Å². The van der Waals surface area contributed by atoms with Crippen molar-refractivity contribution in [2.24, 2.45) is 10.8 Å². The van der Waals surface area contributed by atoms with Gasteiger partial charge in [0.2, 0.25) is 0 Å². The molecule has 13 heavy (non-hydrogen) atoms. The normalized spacial score (nSPS) is 29.1. The van der Waals surface area contributed by atoms with Crippen molar-refractivity contribution in [1.82, 2.24) is 0 Å². The molecule has 0 spiro atoms. The lowest BCUT2D eigenvalue weighted by atomic mass is 9.47. The van der Waals surface area contributed by atoms with Gasteiger partial charge in [0.15, 0.2) is 0 Å². The van der Waals surface area contributed by atoms with E-state index in [0.717, 1.165) is 0 Å². The zero-order valence-corrected chi connectivity index (χ0v) is 9.89. The predicted octanol–water partition coefficient (Wildman–Crippen LogP) is 3.93.